The first-order chi connectivity index (χ1) is 14.7. The Morgan fingerprint density at radius 3 is 2.61 bits per heavy atom. The molecule has 2 unspecified atom stereocenters. The molecule has 3 aliphatic heterocycles. The van der Waals surface area contributed by atoms with Gasteiger partial charge in [0.25, 0.3) is 0 Å². The van der Waals surface area contributed by atoms with Gasteiger partial charge < -0.3 is 24.3 Å². The first-order valence-electron chi connectivity index (χ1n) is 11.4. The van der Waals surface area contributed by atoms with Crippen LogP contribution in [0.1, 0.15) is 31.4 Å². The topological polar surface area (TPSA) is 73.6 Å². The molecule has 3 fully saturated rings. The SMILES string of the molecule is CN1CCCC1C(=O)N1CCN(C(=NCC2CCCO2)NCCc2ccco2)CC1.I. The molecular weight excluding hydrogens is 509 g/mol. The van der Waals surface area contributed by atoms with Crippen LogP contribution in [-0.2, 0) is 16.0 Å². The van der Waals surface area contributed by atoms with Crippen LogP contribution in [0, 0.1) is 0 Å². The lowest BCUT2D eigenvalue weighted by molar-refractivity contribution is -0.136. The number of likely N-dealkylation sites (tertiary alicyclic amines) is 1. The Morgan fingerprint density at radius 2 is 1.97 bits per heavy atom. The largest absolute Gasteiger partial charge is 0.469 e. The zero-order valence-corrected chi connectivity index (χ0v) is 20.8. The zero-order valence-electron chi connectivity index (χ0n) is 18.5. The molecule has 0 bridgehead atoms. The number of rotatable bonds is 6. The molecule has 0 aliphatic carbocycles. The molecule has 3 aliphatic rings. The maximum atomic E-state index is 12.9. The minimum atomic E-state index is 0. The van der Waals surface area contributed by atoms with E-state index < -0.39 is 0 Å². The van der Waals surface area contributed by atoms with Gasteiger partial charge in [-0.2, -0.15) is 0 Å². The Bertz CT molecular complexity index is 700. The molecule has 0 aromatic carbocycles. The molecule has 1 N–H and O–H groups in total. The van der Waals surface area contributed by atoms with Gasteiger partial charge in [-0.15, -0.1) is 24.0 Å². The van der Waals surface area contributed by atoms with Crippen LogP contribution in [0.4, 0.5) is 0 Å². The number of nitrogens with one attached hydrogen (secondary N) is 1. The summed E-state index contributed by atoms with van der Waals surface area (Å²) in [4.78, 5) is 24.3. The Kier molecular flexibility index (Phi) is 9.46. The van der Waals surface area contributed by atoms with Crippen molar-refractivity contribution < 1.29 is 13.9 Å². The quantitative estimate of drug-likeness (QED) is 0.334. The molecule has 0 spiro atoms. The summed E-state index contributed by atoms with van der Waals surface area (Å²) < 4.78 is 11.2. The highest BCUT2D eigenvalue weighted by Crippen LogP contribution is 2.18. The number of aliphatic imine (C=N–C) groups is 1. The first kappa shape index (κ1) is 24.3. The summed E-state index contributed by atoms with van der Waals surface area (Å²) in [6.07, 6.45) is 7.06. The lowest BCUT2D eigenvalue weighted by Crippen LogP contribution is -2.56. The van der Waals surface area contributed by atoms with E-state index in [9.17, 15) is 4.79 Å². The van der Waals surface area contributed by atoms with Crippen LogP contribution in [0.15, 0.2) is 27.8 Å². The minimum absolute atomic E-state index is 0. The number of piperazine rings is 1. The molecule has 1 aromatic heterocycles. The van der Waals surface area contributed by atoms with Gasteiger partial charge >= 0.3 is 0 Å². The summed E-state index contributed by atoms with van der Waals surface area (Å²) in [5.41, 5.74) is 0. The summed E-state index contributed by atoms with van der Waals surface area (Å²) in [5, 5.41) is 3.51. The molecule has 2 atom stereocenters. The van der Waals surface area contributed by atoms with E-state index in [2.05, 4.69) is 22.2 Å². The second-order valence-corrected chi connectivity index (χ2v) is 8.51. The fraction of sp³-hybridized carbons (Fsp3) is 0.727. The van der Waals surface area contributed by atoms with Gasteiger partial charge in [0.1, 0.15) is 5.76 Å². The number of halogens is 1. The van der Waals surface area contributed by atoms with Crippen LogP contribution in [0.5, 0.6) is 0 Å². The van der Waals surface area contributed by atoms with Gasteiger partial charge in [0, 0.05) is 45.8 Å². The molecule has 0 radical (unpaired) electrons. The van der Waals surface area contributed by atoms with Crippen molar-refractivity contribution in [3.8, 4) is 0 Å². The van der Waals surface area contributed by atoms with E-state index in [-0.39, 0.29) is 36.1 Å². The van der Waals surface area contributed by atoms with Crippen molar-refractivity contribution in [1.82, 2.24) is 20.0 Å². The number of likely N-dealkylation sites (N-methyl/N-ethyl adjacent to an activating group) is 1. The van der Waals surface area contributed by atoms with E-state index in [0.717, 1.165) is 89.7 Å². The highest BCUT2D eigenvalue weighted by atomic mass is 127. The van der Waals surface area contributed by atoms with Crippen molar-refractivity contribution in [1.29, 1.82) is 0 Å². The fourth-order valence-corrected chi connectivity index (χ4v) is 4.57. The molecule has 174 valence electrons. The van der Waals surface area contributed by atoms with E-state index in [1.807, 2.05) is 17.0 Å². The fourth-order valence-electron chi connectivity index (χ4n) is 4.57. The molecule has 3 saturated heterocycles. The van der Waals surface area contributed by atoms with Crippen molar-refractivity contribution in [2.45, 2.75) is 44.2 Å². The van der Waals surface area contributed by atoms with E-state index >= 15 is 0 Å². The van der Waals surface area contributed by atoms with Crippen LogP contribution >= 0.6 is 24.0 Å². The predicted molar refractivity (Wildman–Crippen MR) is 131 cm³/mol. The standard InChI is InChI=1S/C22H35N5O3.HI/c1-25-10-2-7-20(25)21(28)26-11-13-27(14-12-26)22(24-17-19-6-4-16-30-19)23-9-8-18-5-3-15-29-18;/h3,5,15,19-20H,2,4,6-14,16-17H2,1H3,(H,23,24);1H. The van der Waals surface area contributed by atoms with Gasteiger partial charge in [-0.1, -0.05) is 0 Å². The van der Waals surface area contributed by atoms with Crippen molar-refractivity contribution in [2.24, 2.45) is 4.99 Å². The number of carbonyl (C=O) groups is 1. The summed E-state index contributed by atoms with van der Waals surface area (Å²) >= 11 is 0. The molecule has 0 saturated carbocycles. The summed E-state index contributed by atoms with van der Waals surface area (Å²) in [5.74, 6) is 2.18. The third-order valence-electron chi connectivity index (χ3n) is 6.40. The van der Waals surface area contributed by atoms with Gasteiger partial charge in [-0.05, 0) is 51.4 Å². The summed E-state index contributed by atoms with van der Waals surface area (Å²) in [6.45, 7) is 6.44. The van der Waals surface area contributed by atoms with Crippen LogP contribution in [-0.4, -0.2) is 98.2 Å². The van der Waals surface area contributed by atoms with Crippen LogP contribution < -0.4 is 5.32 Å². The van der Waals surface area contributed by atoms with Crippen LogP contribution in [0.2, 0.25) is 0 Å². The lowest BCUT2D eigenvalue weighted by Gasteiger charge is -2.38. The number of carbonyl (C=O) groups excluding carboxylic acids is 1. The number of hydrogen-bond acceptors (Lipinski definition) is 5. The summed E-state index contributed by atoms with van der Waals surface area (Å²) in [7, 11) is 2.06. The van der Waals surface area contributed by atoms with Crippen molar-refractivity contribution in [3.05, 3.63) is 24.2 Å². The van der Waals surface area contributed by atoms with E-state index in [1.165, 1.54) is 0 Å². The molecule has 8 nitrogen and oxygen atoms in total. The highest BCUT2D eigenvalue weighted by Gasteiger charge is 2.33. The monoisotopic (exact) mass is 545 g/mol. The van der Waals surface area contributed by atoms with Gasteiger partial charge in [0.05, 0.1) is 25.0 Å². The second-order valence-electron chi connectivity index (χ2n) is 8.51. The average Bonchev–Trinajstić information content (AvgIpc) is 3.53. The lowest BCUT2D eigenvalue weighted by atomic mass is 10.1. The van der Waals surface area contributed by atoms with Gasteiger partial charge in [0.15, 0.2) is 5.96 Å². The third-order valence-corrected chi connectivity index (χ3v) is 6.40. The highest BCUT2D eigenvalue weighted by molar-refractivity contribution is 14.0. The number of hydrogen-bond donors (Lipinski definition) is 1. The Labute approximate surface area is 202 Å². The number of amides is 1. The molecule has 4 heterocycles. The number of furan rings is 1. The minimum Gasteiger partial charge on any atom is -0.469 e. The molecule has 1 amide bonds. The zero-order chi connectivity index (χ0) is 20.8. The van der Waals surface area contributed by atoms with Gasteiger partial charge in [-0.25, -0.2) is 0 Å². The van der Waals surface area contributed by atoms with Gasteiger partial charge in [-0.3, -0.25) is 14.7 Å². The van der Waals surface area contributed by atoms with E-state index in [4.69, 9.17) is 14.1 Å². The predicted octanol–water partition coefficient (Wildman–Crippen LogP) is 1.80. The van der Waals surface area contributed by atoms with E-state index in [0.29, 0.717) is 12.5 Å². The van der Waals surface area contributed by atoms with Crippen molar-refractivity contribution in [2.75, 3.05) is 59.5 Å². The second kappa shape index (κ2) is 12.1. The summed E-state index contributed by atoms with van der Waals surface area (Å²) in [6, 6.07) is 3.98. The molecular formula is C22H36IN5O3. The number of ether oxygens (including phenoxy) is 1. The maximum Gasteiger partial charge on any atom is 0.240 e. The number of guanidine groups is 1. The Morgan fingerprint density at radius 1 is 1.16 bits per heavy atom. The third kappa shape index (κ3) is 6.58. The van der Waals surface area contributed by atoms with E-state index in [1.54, 1.807) is 6.26 Å². The van der Waals surface area contributed by atoms with Gasteiger partial charge in [0.2, 0.25) is 5.91 Å². The molecule has 4 rings (SSSR count). The van der Waals surface area contributed by atoms with Crippen LogP contribution in [0.25, 0.3) is 0 Å². The smallest absolute Gasteiger partial charge is 0.240 e. The Hall–Kier alpha value is -1.33. The average molecular weight is 545 g/mol. The molecule has 1 aromatic rings. The first-order valence-corrected chi connectivity index (χ1v) is 11.4. The van der Waals surface area contributed by atoms with Crippen LogP contribution in [0.3, 0.4) is 0 Å². The van der Waals surface area contributed by atoms with Crippen molar-refractivity contribution >= 4 is 35.8 Å². The molecule has 31 heavy (non-hydrogen) atoms. The molecule has 9 heteroatoms. The Balaban J connectivity index is 0.00000272. The maximum absolute atomic E-state index is 12.9. The number of nitrogens with zero attached hydrogens (tertiary/aromatic N) is 4. The van der Waals surface area contributed by atoms with Crippen molar-refractivity contribution in [3.63, 3.8) is 0 Å². The normalized spacial score (nSPS) is 25.0.